The zero-order valence-corrected chi connectivity index (χ0v) is 32.6. The van der Waals surface area contributed by atoms with Crippen LogP contribution in [0.3, 0.4) is 0 Å². The van der Waals surface area contributed by atoms with Gasteiger partial charge in [0.05, 0.1) is 17.5 Å². The van der Waals surface area contributed by atoms with Crippen LogP contribution in [0.1, 0.15) is 87.9 Å². The minimum atomic E-state index is -0.966. The summed E-state index contributed by atoms with van der Waals surface area (Å²) in [5.41, 5.74) is 4.35. The maximum absolute atomic E-state index is 13.3. The molecule has 1 atom stereocenters. The summed E-state index contributed by atoms with van der Waals surface area (Å²) in [6, 6.07) is 10.4. The van der Waals surface area contributed by atoms with Gasteiger partial charge in [-0.3, -0.25) is 39.1 Å². The summed E-state index contributed by atoms with van der Waals surface area (Å²) in [5.74, 6) is -1.32. The molecule has 7 heterocycles. The van der Waals surface area contributed by atoms with Gasteiger partial charge in [0.15, 0.2) is 11.5 Å². The summed E-state index contributed by atoms with van der Waals surface area (Å²) in [5, 5.41) is 9.01. The van der Waals surface area contributed by atoms with Crippen molar-refractivity contribution in [3.8, 4) is 0 Å². The molecule has 4 aromatic rings. The average molecular weight is 789 g/mol. The first-order valence-corrected chi connectivity index (χ1v) is 20.4. The number of nitrogens with one attached hydrogen (secondary N) is 3. The number of aryl methyl sites for hydroxylation is 1. The molecule has 58 heavy (non-hydrogen) atoms. The van der Waals surface area contributed by atoms with Gasteiger partial charge in [0, 0.05) is 75.2 Å². The Balaban J connectivity index is 0.697. The van der Waals surface area contributed by atoms with Crippen LogP contribution in [0.4, 0.5) is 11.5 Å². The summed E-state index contributed by atoms with van der Waals surface area (Å²) >= 11 is 0. The highest BCUT2D eigenvalue weighted by Crippen LogP contribution is 2.35. The van der Waals surface area contributed by atoms with Gasteiger partial charge >= 0.3 is 0 Å². The third-order valence-corrected chi connectivity index (χ3v) is 12.4. The molecule has 5 aliphatic rings. The van der Waals surface area contributed by atoms with E-state index < -0.39 is 23.8 Å². The number of anilines is 2. The second-order valence-corrected chi connectivity index (χ2v) is 16.1. The van der Waals surface area contributed by atoms with Crippen LogP contribution >= 0.6 is 0 Å². The van der Waals surface area contributed by atoms with Crippen molar-refractivity contribution in [2.75, 3.05) is 62.6 Å². The fraction of sp³-hybridized carbons (Fsp3) is 0.488. The molecule has 1 aromatic carbocycles. The molecule has 17 nitrogen and oxygen atoms in total. The molecular formula is C41H48N12O5. The van der Waals surface area contributed by atoms with Gasteiger partial charge in [-0.25, -0.2) is 19.9 Å². The minimum absolute atomic E-state index is 0.0845. The van der Waals surface area contributed by atoms with Gasteiger partial charge < -0.3 is 25.0 Å². The molecule has 9 rings (SSSR count). The van der Waals surface area contributed by atoms with Crippen molar-refractivity contribution in [3.05, 3.63) is 71.6 Å². The molecule has 1 unspecified atom stereocenters. The van der Waals surface area contributed by atoms with E-state index in [1.54, 1.807) is 24.5 Å². The van der Waals surface area contributed by atoms with Crippen molar-refractivity contribution < 1.29 is 24.0 Å². The van der Waals surface area contributed by atoms with Crippen LogP contribution in [-0.2, 0) is 9.59 Å². The average Bonchev–Trinajstić information content (AvgIpc) is 3.75. The fourth-order valence-electron chi connectivity index (χ4n) is 8.98. The number of benzene rings is 1. The summed E-state index contributed by atoms with van der Waals surface area (Å²) < 4.78 is 2.11. The molecule has 1 saturated carbocycles. The largest absolute Gasteiger partial charge is 0.369 e. The van der Waals surface area contributed by atoms with Crippen molar-refractivity contribution in [2.24, 2.45) is 0 Å². The molecule has 4 fully saturated rings. The first-order chi connectivity index (χ1) is 28.2. The number of fused-ring (bicyclic) bond motifs is 2. The van der Waals surface area contributed by atoms with Gasteiger partial charge in [0.1, 0.15) is 23.6 Å². The lowest BCUT2D eigenvalue weighted by Crippen LogP contribution is -2.54. The van der Waals surface area contributed by atoms with E-state index in [4.69, 9.17) is 4.98 Å². The Morgan fingerprint density at radius 2 is 1.60 bits per heavy atom. The summed E-state index contributed by atoms with van der Waals surface area (Å²) in [4.78, 5) is 89.6. The molecule has 302 valence electrons. The number of amides is 5. The molecule has 0 bridgehead atoms. The number of hydrogen-bond donors (Lipinski definition) is 3. The molecule has 3 aromatic heterocycles. The van der Waals surface area contributed by atoms with Crippen molar-refractivity contribution in [1.29, 1.82) is 0 Å². The molecule has 1 aliphatic carbocycles. The number of aromatic nitrogens is 5. The molecule has 3 N–H and O–H groups in total. The standard InChI is InChI=1S/C41H48N12O5/c1-25-4-2-5-32(45-25)38(55)47-27-20-29(21-27)52-24-44-35-36(42-23-43-37(35)52)46-26-10-14-49(15-11-26)12-3-13-50-16-18-51(19-17-50)28-6-7-30-31(22-28)41(58)53(40(30)57)33-8-9-34(54)48-39(33)56/h2,4-7,22-24,26-27,29,33H,3,8-21H2,1H3,(H,47,55)(H,42,43,46)(H,48,54,56). The first kappa shape index (κ1) is 37.7. The smallest absolute Gasteiger partial charge is 0.270 e. The second-order valence-electron chi connectivity index (χ2n) is 16.1. The Bertz CT molecular complexity index is 2260. The quantitative estimate of drug-likeness (QED) is 0.188. The van der Waals surface area contributed by atoms with Crippen molar-refractivity contribution in [1.82, 2.24) is 49.8 Å². The molecule has 0 spiro atoms. The summed E-state index contributed by atoms with van der Waals surface area (Å²) in [7, 11) is 0. The first-order valence-electron chi connectivity index (χ1n) is 20.4. The van der Waals surface area contributed by atoms with Gasteiger partial charge in [-0.15, -0.1) is 0 Å². The van der Waals surface area contributed by atoms with Gasteiger partial charge in [-0.05, 0) is 88.9 Å². The second kappa shape index (κ2) is 15.9. The van der Waals surface area contributed by atoms with Crippen molar-refractivity contribution >= 4 is 52.2 Å². The lowest BCUT2D eigenvalue weighted by Gasteiger charge is -2.37. The molecule has 4 aliphatic heterocycles. The Kier molecular flexibility index (Phi) is 10.3. The Morgan fingerprint density at radius 1 is 0.845 bits per heavy atom. The number of imidazole rings is 1. The highest BCUT2D eigenvalue weighted by molar-refractivity contribution is 6.23. The van der Waals surface area contributed by atoms with Crippen molar-refractivity contribution in [3.63, 3.8) is 0 Å². The molecule has 5 amide bonds. The van der Waals surface area contributed by atoms with Gasteiger partial charge in [0.25, 0.3) is 17.7 Å². The number of piperidine rings is 2. The molecular weight excluding hydrogens is 741 g/mol. The predicted octanol–water partition coefficient (Wildman–Crippen LogP) is 2.15. The third-order valence-electron chi connectivity index (χ3n) is 12.4. The third kappa shape index (κ3) is 7.51. The highest BCUT2D eigenvalue weighted by Gasteiger charge is 2.45. The van der Waals surface area contributed by atoms with E-state index in [0.29, 0.717) is 22.9 Å². The van der Waals surface area contributed by atoms with E-state index in [9.17, 15) is 24.0 Å². The predicted molar refractivity (Wildman–Crippen MR) is 213 cm³/mol. The highest BCUT2D eigenvalue weighted by atomic mass is 16.2. The number of carbonyl (C=O) groups is 5. The zero-order valence-electron chi connectivity index (χ0n) is 32.6. The van der Waals surface area contributed by atoms with Gasteiger partial charge in [-0.2, -0.15) is 0 Å². The van der Waals surface area contributed by atoms with Crippen LogP contribution < -0.4 is 20.9 Å². The van der Waals surface area contributed by atoms with Gasteiger partial charge in [-0.1, -0.05) is 6.07 Å². The number of rotatable bonds is 11. The summed E-state index contributed by atoms with van der Waals surface area (Å²) in [6.07, 6.45) is 8.43. The lowest BCUT2D eigenvalue weighted by atomic mass is 9.86. The maximum Gasteiger partial charge on any atom is 0.270 e. The monoisotopic (exact) mass is 788 g/mol. The Labute approximate surface area is 335 Å². The normalized spacial score (nSPS) is 23.2. The fourth-order valence-corrected chi connectivity index (χ4v) is 8.98. The van der Waals surface area contributed by atoms with Crippen LogP contribution in [0, 0.1) is 6.92 Å². The Morgan fingerprint density at radius 3 is 2.36 bits per heavy atom. The van der Waals surface area contributed by atoms with Gasteiger partial charge in [0.2, 0.25) is 11.8 Å². The number of piperazine rings is 1. The number of imide groups is 2. The lowest BCUT2D eigenvalue weighted by molar-refractivity contribution is -0.136. The van der Waals surface area contributed by atoms with E-state index >= 15 is 0 Å². The van der Waals surface area contributed by atoms with E-state index in [0.717, 1.165) is 118 Å². The minimum Gasteiger partial charge on any atom is -0.369 e. The summed E-state index contributed by atoms with van der Waals surface area (Å²) in [6.45, 7) is 9.42. The van der Waals surface area contributed by atoms with E-state index in [1.165, 1.54) is 0 Å². The van der Waals surface area contributed by atoms with Crippen LogP contribution in [0.25, 0.3) is 11.2 Å². The number of hydrogen-bond acceptors (Lipinski definition) is 13. The molecule has 17 heteroatoms. The molecule has 3 saturated heterocycles. The van der Waals surface area contributed by atoms with Crippen LogP contribution in [0.5, 0.6) is 0 Å². The Hall–Kier alpha value is -5.81. The SMILES string of the molecule is Cc1cccc(C(=O)NC2CC(n3cnc4c(NC5CCN(CCCN6CCN(c7ccc8c(c7)C(=O)N(C7CCC(=O)NC7=O)C8=O)CC6)CC5)ncnc43)C2)n1. The van der Waals surface area contributed by atoms with E-state index in [-0.39, 0.29) is 36.7 Å². The van der Waals surface area contributed by atoms with E-state index in [1.807, 2.05) is 31.5 Å². The molecule has 0 radical (unpaired) electrons. The topological polar surface area (TPSA) is 191 Å². The number of likely N-dealkylation sites (tertiary alicyclic amines) is 1. The van der Waals surface area contributed by atoms with Crippen molar-refractivity contribution in [2.45, 2.75) is 76.0 Å². The van der Waals surface area contributed by atoms with Crippen LogP contribution in [0.15, 0.2) is 49.1 Å². The maximum atomic E-state index is 13.3. The number of carbonyl (C=O) groups excluding carboxylic acids is 5. The zero-order chi connectivity index (χ0) is 39.9. The van der Waals surface area contributed by atoms with E-state index in [2.05, 4.69) is 50.2 Å². The number of nitrogens with zero attached hydrogens (tertiary/aromatic N) is 9. The number of pyridine rings is 1. The van der Waals surface area contributed by atoms with Crippen LogP contribution in [0.2, 0.25) is 0 Å². The van der Waals surface area contributed by atoms with Crippen LogP contribution in [-0.4, -0.2) is 139 Å².